The monoisotopic (exact) mass is 326 g/mol. The molecule has 0 amide bonds. The summed E-state index contributed by atoms with van der Waals surface area (Å²) in [5.74, 6) is 0.946. The highest BCUT2D eigenvalue weighted by Crippen LogP contribution is 2.30. The van der Waals surface area contributed by atoms with Crippen LogP contribution in [0.3, 0.4) is 0 Å². The Hall–Kier alpha value is -0.580. The van der Waals surface area contributed by atoms with Crippen molar-refractivity contribution in [2.45, 2.75) is 32.9 Å². The van der Waals surface area contributed by atoms with Gasteiger partial charge in [-0.05, 0) is 24.0 Å². The molecular formula is C15H23BrN2O. The second kappa shape index (κ2) is 5.81. The van der Waals surface area contributed by atoms with Crippen LogP contribution in [0.2, 0.25) is 0 Å². The predicted molar refractivity (Wildman–Crippen MR) is 82.3 cm³/mol. The van der Waals surface area contributed by atoms with Crippen LogP contribution in [-0.4, -0.2) is 31.1 Å². The van der Waals surface area contributed by atoms with Crippen molar-refractivity contribution in [1.29, 1.82) is 0 Å². The molecule has 0 aromatic heterocycles. The van der Waals surface area contributed by atoms with Gasteiger partial charge in [-0.25, -0.2) is 0 Å². The maximum absolute atomic E-state index is 6.19. The molecule has 1 aliphatic rings. The summed E-state index contributed by atoms with van der Waals surface area (Å²) in [5, 5.41) is 0. The summed E-state index contributed by atoms with van der Waals surface area (Å²) in [7, 11) is 1.72. The summed E-state index contributed by atoms with van der Waals surface area (Å²) >= 11 is 3.48. The van der Waals surface area contributed by atoms with E-state index in [9.17, 15) is 0 Å². The first-order valence-corrected chi connectivity index (χ1v) is 7.52. The molecule has 0 radical (unpaired) electrons. The van der Waals surface area contributed by atoms with Crippen molar-refractivity contribution in [2.75, 3.05) is 20.2 Å². The fourth-order valence-electron chi connectivity index (χ4n) is 2.71. The summed E-state index contributed by atoms with van der Waals surface area (Å²) in [5.41, 5.74) is 7.60. The number of nitrogens with two attached hydrogens (primary N) is 1. The van der Waals surface area contributed by atoms with Gasteiger partial charge in [-0.3, -0.25) is 4.90 Å². The van der Waals surface area contributed by atoms with E-state index in [0.29, 0.717) is 6.04 Å². The Labute approximate surface area is 124 Å². The lowest BCUT2D eigenvalue weighted by atomic mass is 9.79. The van der Waals surface area contributed by atoms with E-state index in [0.717, 1.165) is 36.3 Å². The van der Waals surface area contributed by atoms with Crippen molar-refractivity contribution in [3.8, 4) is 5.75 Å². The smallest absolute Gasteiger partial charge is 0.124 e. The topological polar surface area (TPSA) is 38.5 Å². The highest BCUT2D eigenvalue weighted by molar-refractivity contribution is 9.10. The van der Waals surface area contributed by atoms with Gasteiger partial charge in [0.05, 0.1) is 7.11 Å². The molecule has 4 heteroatoms. The van der Waals surface area contributed by atoms with E-state index >= 15 is 0 Å². The number of rotatable bonds is 3. The van der Waals surface area contributed by atoms with E-state index < -0.39 is 0 Å². The summed E-state index contributed by atoms with van der Waals surface area (Å²) in [4.78, 5) is 2.47. The van der Waals surface area contributed by atoms with Gasteiger partial charge in [0.25, 0.3) is 0 Å². The number of ether oxygens (including phenoxy) is 1. The van der Waals surface area contributed by atoms with Gasteiger partial charge in [0.2, 0.25) is 0 Å². The Morgan fingerprint density at radius 3 is 2.84 bits per heavy atom. The molecule has 1 aliphatic heterocycles. The summed E-state index contributed by atoms with van der Waals surface area (Å²) in [6.45, 7) is 7.52. The van der Waals surface area contributed by atoms with E-state index in [1.54, 1.807) is 7.11 Å². The zero-order chi connectivity index (χ0) is 14.0. The van der Waals surface area contributed by atoms with Crippen molar-refractivity contribution >= 4 is 15.9 Å². The van der Waals surface area contributed by atoms with Crippen molar-refractivity contribution in [3.63, 3.8) is 0 Å². The molecule has 0 aliphatic carbocycles. The minimum Gasteiger partial charge on any atom is -0.496 e. The summed E-state index contributed by atoms with van der Waals surface area (Å²) in [6.07, 6.45) is 1.06. The third kappa shape index (κ3) is 3.50. The highest BCUT2D eigenvalue weighted by atomic mass is 79.9. The molecule has 1 unspecified atom stereocenters. The predicted octanol–water partition coefficient (Wildman–Crippen LogP) is 3.02. The molecule has 1 aromatic rings. The molecule has 106 valence electrons. The van der Waals surface area contributed by atoms with Crippen LogP contribution in [0.15, 0.2) is 22.7 Å². The first-order chi connectivity index (χ1) is 8.92. The van der Waals surface area contributed by atoms with E-state index in [4.69, 9.17) is 10.5 Å². The number of methoxy groups -OCH3 is 1. The maximum atomic E-state index is 6.19. The highest BCUT2D eigenvalue weighted by Gasteiger charge is 2.33. The minimum absolute atomic E-state index is 0.181. The molecule has 1 heterocycles. The van der Waals surface area contributed by atoms with Gasteiger partial charge in [-0.15, -0.1) is 0 Å². The Morgan fingerprint density at radius 1 is 1.47 bits per heavy atom. The molecule has 1 fully saturated rings. The third-order valence-electron chi connectivity index (χ3n) is 4.03. The van der Waals surface area contributed by atoms with Gasteiger partial charge in [0.15, 0.2) is 0 Å². The maximum Gasteiger partial charge on any atom is 0.124 e. The van der Waals surface area contributed by atoms with E-state index in [1.165, 1.54) is 5.56 Å². The second-order valence-corrected chi connectivity index (χ2v) is 6.97. The Morgan fingerprint density at radius 2 is 2.21 bits per heavy atom. The lowest BCUT2D eigenvalue weighted by Gasteiger charge is -2.42. The van der Waals surface area contributed by atoms with Crippen molar-refractivity contribution in [3.05, 3.63) is 28.2 Å². The number of halogens is 1. The van der Waals surface area contributed by atoms with Gasteiger partial charge in [-0.2, -0.15) is 0 Å². The zero-order valence-corrected chi connectivity index (χ0v) is 13.5. The molecule has 1 aromatic carbocycles. The van der Waals surface area contributed by atoms with Crippen LogP contribution in [0.1, 0.15) is 25.8 Å². The number of benzene rings is 1. The number of hydrogen-bond acceptors (Lipinski definition) is 3. The van der Waals surface area contributed by atoms with Gasteiger partial charge in [0.1, 0.15) is 5.75 Å². The number of piperidine rings is 1. The normalized spacial score (nSPS) is 23.3. The molecule has 0 spiro atoms. The minimum atomic E-state index is 0.181. The first kappa shape index (κ1) is 14.8. The molecular weight excluding hydrogens is 304 g/mol. The van der Waals surface area contributed by atoms with Gasteiger partial charge in [-0.1, -0.05) is 35.8 Å². The molecule has 3 nitrogen and oxygen atoms in total. The first-order valence-electron chi connectivity index (χ1n) is 6.73. The van der Waals surface area contributed by atoms with Crippen LogP contribution in [0, 0.1) is 5.41 Å². The fraction of sp³-hybridized carbons (Fsp3) is 0.600. The fourth-order valence-corrected chi connectivity index (χ4v) is 3.05. The average molecular weight is 327 g/mol. The van der Waals surface area contributed by atoms with E-state index in [1.807, 2.05) is 6.07 Å². The zero-order valence-electron chi connectivity index (χ0n) is 11.9. The van der Waals surface area contributed by atoms with E-state index in [2.05, 4.69) is 46.8 Å². The summed E-state index contributed by atoms with van der Waals surface area (Å²) < 4.78 is 6.51. The molecule has 0 bridgehead atoms. The molecule has 0 saturated carbocycles. The second-order valence-electron chi connectivity index (χ2n) is 6.05. The largest absolute Gasteiger partial charge is 0.496 e. The average Bonchev–Trinajstić information content (AvgIpc) is 2.35. The van der Waals surface area contributed by atoms with Crippen LogP contribution in [0.4, 0.5) is 0 Å². The van der Waals surface area contributed by atoms with Crippen molar-refractivity contribution < 1.29 is 4.74 Å². The Balaban J connectivity index is 2.10. The Kier molecular flexibility index (Phi) is 4.54. The number of likely N-dealkylation sites (tertiary alicyclic amines) is 1. The van der Waals surface area contributed by atoms with Crippen LogP contribution in [0.5, 0.6) is 5.75 Å². The lowest BCUT2D eigenvalue weighted by Crippen LogP contribution is -2.52. The summed E-state index contributed by atoms with van der Waals surface area (Å²) in [6, 6.07) is 6.52. The Bertz CT molecular complexity index is 448. The quantitative estimate of drug-likeness (QED) is 0.927. The number of nitrogens with zero attached hydrogens (tertiary/aromatic N) is 1. The van der Waals surface area contributed by atoms with Crippen molar-refractivity contribution in [1.82, 2.24) is 4.90 Å². The molecule has 19 heavy (non-hydrogen) atoms. The van der Waals surface area contributed by atoms with Gasteiger partial charge >= 0.3 is 0 Å². The van der Waals surface area contributed by atoms with E-state index in [-0.39, 0.29) is 5.41 Å². The number of hydrogen-bond donors (Lipinski definition) is 1. The van der Waals surface area contributed by atoms with Crippen LogP contribution >= 0.6 is 15.9 Å². The van der Waals surface area contributed by atoms with Crippen LogP contribution in [0.25, 0.3) is 0 Å². The molecule has 1 saturated heterocycles. The SMILES string of the molecule is COc1cc(Br)ccc1CN1CCC(N)C(C)(C)C1. The van der Waals surface area contributed by atoms with Gasteiger partial charge in [0, 0.05) is 35.7 Å². The third-order valence-corrected chi connectivity index (χ3v) is 4.53. The standard InChI is InChI=1S/C15H23BrN2O/c1-15(2)10-18(7-6-14(15)17)9-11-4-5-12(16)8-13(11)19-3/h4-5,8,14H,6-7,9-10,17H2,1-3H3. The molecule has 2 rings (SSSR count). The van der Waals surface area contributed by atoms with Gasteiger partial charge < -0.3 is 10.5 Å². The van der Waals surface area contributed by atoms with Crippen LogP contribution in [-0.2, 0) is 6.54 Å². The molecule has 1 atom stereocenters. The lowest BCUT2D eigenvalue weighted by molar-refractivity contribution is 0.0892. The van der Waals surface area contributed by atoms with Crippen molar-refractivity contribution in [2.24, 2.45) is 11.1 Å². The molecule has 2 N–H and O–H groups in total. The van der Waals surface area contributed by atoms with Crippen LogP contribution < -0.4 is 10.5 Å².